The van der Waals surface area contributed by atoms with Crippen LogP contribution in [0.3, 0.4) is 0 Å². The second-order valence-corrected chi connectivity index (χ2v) is 11.1. The molecule has 0 atom stereocenters. The number of aryl methyl sites for hydroxylation is 2. The van der Waals surface area contributed by atoms with Gasteiger partial charge in [0.25, 0.3) is 5.56 Å². The Hall–Kier alpha value is -3.07. The Morgan fingerprint density at radius 2 is 1.73 bits per heavy atom. The van der Waals surface area contributed by atoms with E-state index in [1.54, 1.807) is 18.5 Å². The van der Waals surface area contributed by atoms with Crippen LogP contribution in [0.25, 0.3) is 23.3 Å². The number of aromatic nitrogens is 4. The summed E-state index contributed by atoms with van der Waals surface area (Å²) in [4.78, 5) is 30.0. The van der Waals surface area contributed by atoms with Gasteiger partial charge in [-0.2, -0.15) is 0 Å². The van der Waals surface area contributed by atoms with Crippen LogP contribution in [-0.2, 0) is 29.7 Å². The lowest BCUT2D eigenvalue weighted by atomic mass is 10.2. The Balaban J connectivity index is 1.56. The molecule has 0 saturated carbocycles. The quantitative estimate of drug-likeness (QED) is 0.516. The van der Waals surface area contributed by atoms with Crippen molar-refractivity contribution in [2.24, 2.45) is 7.05 Å². The van der Waals surface area contributed by atoms with E-state index >= 15 is 0 Å². The van der Waals surface area contributed by atoms with Crippen LogP contribution in [0.4, 0.5) is 0 Å². The van der Waals surface area contributed by atoms with Crippen molar-refractivity contribution in [3.8, 4) is 5.75 Å². The van der Waals surface area contributed by atoms with E-state index < -0.39 is 9.52 Å². The van der Waals surface area contributed by atoms with Gasteiger partial charge in [-0.15, -0.1) is 0 Å². The first-order valence-corrected chi connectivity index (χ1v) is 13.3. The predicted molar refractivity (Wildman–Crippen MR) is 135 cm³/mol. The molecule has 176 valence electrons. The third kappa shape index (κ3) is 4.55. The summed E-state index contributed by atoms with van der Waals surface area (Å²) in [6.07, 6.45) is 5.35. The van der Waals surface area contributed by atoms with Gasteiger partial charge in [0.05, 0.1) is 0 Å². The Labute approximate surface area is 193 Å². The fraction of sp³-hybridized carbons (Fsp3) is 0.417. The van der Waals surface area contributed by atoms with Crippen LogP contribution < -0.4 is 16.0 Å². The van der Waals surface area contributed by atoms with Crippen molar-refractivity contribution >= 4 is 38.7 Å². The summed E-state index contributed by atoms with van der Waals surface area (Å²) in [6, 6.07) is 7.74. The normalized spacial score (nSPS) is 21.1. The van der Waals surface area contributed by atoms with E-state index in [9.17, 15) is 13.8 Å². The van der Waals surface area contributed by atoms with Gasteiger partial charge >= 0.3 is 5.69 Å². The monoisotopic (exact) mass is 470 g/mol. The van der Waals surface area contributed by atoms with Crippen LogP contribution in [0.2, 0.25) is 0 Å². The van der Waals surface area contributed by atoms with E-state index in [-0.39, 0.29) is 17.4 Å². The number of benzene rings is 1. The zero-order valence-electron chi connectivity index (χ0n) is 19.3. The number of nitrogens with zero attached hydrogens (tertiary/aromatic N) is 4. The highest BCUT2D eigenvalue weighted by molar-refractivity contribution is 8.00. The molecular formula is C24H30N4O4S. The molecule has 3 heterocycles. The van der Waals surface area contributed by atoms with Crippen LogP contribution in [0.1, 0.15) is 38.1 Å². The molecule has 0 bridgehead atoms. The minimum Gasteiger partial charge on any atom is -0.490 e. The van der Waals surface area contributed by atoms with E-state index in [1.807, 2.05) is 43.3 Å². The smallest absolute Gasteiger partial charge is 0.332 e. The first-order chi connectivity index (χ1) is 15.7. The maximum atomic E-state index is 12.8. The molecule has 1 aromatic carbocycles. The molecule has 9 heteroatoms. The zero-order valence-corrected chi connectivity index (χ0v) is 20.1. The van der Waals surface area contributed by atoms with Gasteiger partial charge in [-0.25, -0.2) is 9.78 Å². The average Bonchev–Trinajstić information content (AvgIpc) is 3.11. The number of rotatable bonds is 6. The third-order valence-electron chi connectivity index (χ3n) is 6.14. The summed E-state index contributed by atoms with van der Waals surface area (Å²) in [6.45, 7) is 4.40. The molecule has 8 nitrogen and oxygen atoms in total. The van der Waals surface area contributed by atoms with Crippen molar-refractivity contribution in [2.45, 2.75) is 45.9 Å². The highest BCUT2D eigenvalue weighted by atomic mass is 32.2. The minimum absolute atomic E-state index is 0.0750. The highest BCUT2D eigenvalue weighted by Gasteiger charge is 2.21. The van der Waals surface area contributed by atoms with Gasteiger partial charge in [0, 0.05) is 31.6 Å². The number of ether oxygens (including phenoxy) is 1. The molecule has 33 heavy (non-hydrogen) atoms. The molecule has 0 unspecified atom stereocenters. The van der Waals surface area contributed by atoms with Crippen LogP contribution in [0, 0.1) is 0 Å². The fourth-order valence-corrected chi connectivity index (χ4v) is 5.76. The van der Waals surface area contributed by atoms with Gasteiger partial charge in [0.2, 0.25) is 0 Å². The summed E-state index contributed by atoms with van der Waals surface area (Å²) in [5, 5.41) is 0. The van der Waals surface area contributed by atoms with Crippen molar-refractivity contribution in [3.05, 3.63) is 56.5 Å². The Bertz CT molecular complexity index is 1410. The summed E-state index contributed by atoms with van der Waals surface area (Å²) < 4.78 is 22.5. The third-order valence-corrected chi connectivity index (χ3v) is 8.10. The molecule has 0 amide bonds. The second kappa shape index (κ2) is 9.05. The van der Waals surface area contributed by atoms with E-state index in [0.29, 0.717) is 41.6 Å². The van der Waals surface area contributed by atoms with Crippen molar-refractivity contribution in [2.75, 3.05) is 11.5 Å². The van der Waals surface area contributed by atoms with Crippen molar-refractivity contribution < 1.29 is 8.95 Å². The molecule has 1 fully saturated rings. The van der Waals surface area contributed by atoms with Crippen LogP contribution in [0.5, 0.6) is 5.75 Å². The van der Waals surface area contributed by atoms with E-state index in [1.165, 1.54) is 9.13 Å². The number of fused-ring (bicyclic) bond motifs is 1. The number of imidazole rings is 1. The lowest BCUT2D eigenvalue weighted by Gasteiger charge is -2.25. The fourth-order valence-electron chi connectivity index (χ4n) is 4.17. The number of hydrogen-bond acceptors (Lipinski definition) is 5. The molecule has 0 aliphatic carbocycles. The molecule has 1 aliphatic heterocycles. The predicted octanol–water partition coefficient (Wildman–Crippen LogP) is 2.36. The van der Waals surface area contributed by atoms with Crippen LogP contribution in [-0.4, -0.2) is 46.4 Å². The largest absolute Gasteiger partial charge is 0.490 e. The molecule has 3 aromatic rings. The minimum atomic E-state index is -1.91. The summed E-state index contributed by atoms with van der Waals surface area (Å²) >= 11 is 0. The Kier molecular flexibility index (Phi) is 6.34. The summed E-state index contributed by atoms with van der Waals surface area (Å²) in [5.41, 5.74) is 1.12. The standard InChI is InChI=1S/C24H30N4O4S/c1-5-27-22-21(23(29)28(6-2)24(27)30)26(3)20(25-22)12-9-17-7-10-18(11-8-17)32-19-13-15-33(4,31)16-14-19/h7-12,19H,4-6,13-16H2,1-3H3/b12-9+. The van der Waals surface area contributed by atoms with Crippen molar-refractivity contribution in [3.63, 3.8) is 0 Å². The van der Waals surface area contributed by atoms with Crippen LogP contribution in [0.15, 0.2) is 33.9 Å². The zero-order chi connectivity index (χ0) is 23.8. The van der Waals surface area contributed by atoms with Gasteiger partial charge in [0.15, 0.2) is 11.2 Å². The maximum absolute atomic E-state index is 12.8. The van der Waals surface area contributed by atoms with E-state index in [2.05, 4.69) is 10.9 Å². The first-order valence-electron chi connectivity index (χ1n) is 11.2. The second-order valence-electron chi connectivity index (χ2n) is 8.37. The molecular weight excluding hydrogens is 440 g/mol. The summed E-state index contributed by atoms with van der Waals surface area (Å²) in [5.74, 6) is 6.41. The van der Waals surface area contributed by atoms with Crippen molar-refractivity contribution in [1.82, 2.24) is 18.7 Å². The van der Waals surface area contributed by atoms with Gasteiger partial charge in [-0.1, -0.05) is 18.2 Å². The molecule has 0 spiro atoms. The van der Waals surface area contributed by atoms with Gasteiger partial charge in [-0.05, 0) is 65.9 Å². The lowest BCUT2D eigenvalue weighted by Crippen LogP contribution is -2.39. The van der Waals surface area contributed by atoms with Crippen molar-refractivity contribution in [1.29, 1.82) is 0 Å². The highest BCUT2D eigenvalue weighted by Crippen LogP contribution is 2.21. The number of hydrogen-bond donors (Lipinski definition) is 0. The summed E-state index contributed by atoms with van der Waals surface area (Å²) in [7, 11) is -0.128. The Morgan fingerprint density at radius 1 is 1.09 bits per heavy atom. The van der Waals surface area contributed by atoms with Gasteiger partial charge in [0.1, 0.15) is 17.7 Å². The maximum Gasteiger partial charge on any atom is 0.332 e. The van der Waals surface area contributed by atoms with Crippen LogP contribution >= 0.6 is 0 Å². The molecule has 1 saturated heterocycles. The lowest BCUT2D eigenvalue weighted by molar-refractivity contribution is 0.191. The molecule has 2 aromatic heterocycles. The average molecular weight is 471 g/mol. The molecule has 4 rings (SSSR count). The topological polar surface area (TPSA) is 88.1 Å². The molecule has 1 aliphatic rings. The van der Waals surface area contributed by atoms with Gasteiger partial charge < -0.3 is 9.30 Å². The SMILES string of the molecule is C=S1(=O)CCC(Oc2ccc(/C=C/c3nc4c(c(=O)n(CC)c(=O)n4CC)n3C)cc2)CC1. The van der Waals surface area contributed by atoms with E-state index in [0.717, 1.165) is 24.2 Å². The first kappa shape index (κ1) is 23.1. The Morgan fingerprint density at radius 3 is 2.33 bits per heavy atom. The molecule has 0 radical (unpaired) electrons. The van der Waals surface area contributed by atoms with Gasteiger partial charge in [-0.3, -0.25) is 18.1 Å². The molecule has 0 N–H and O–H groups in total. The van der Waals surface area contributed by atoms with E-state index in [4.69, 9.17) is 4.74 Å².